The third-order valence-corrected chi connectivity index (χ3v) is 0.666. The van der Waals surface area contributed by atoms with Gasteiger partial charge in [0.25, 0.3) is 0 Å². The summed E-state index contributed by atoms with van der Waals surface area (Å²) in [7, 11) is 0. The molecule has 1 heterocycles. The van der Waals surface area contributed by atoms with Gasteiger partial charge in [-0.1, -0.05) is 12.1 Å². The molecule has 2 heteroatoms. The summed E-state index contributed by atoms with van der Waals surface area (Å²) in [6, 6.07) is 7.22. The molecule has 1 aromatic rings. The van der Waals surface area contributed by atoms with Crippen LogP contribution in [-0.2, 0) is 0 Å². The molecule has 1 rings (SSSR count). The molecule has 2 nitrogen and oxygen atoms in total. The number of nitrogens with one attached hydrogen (secondary N) is 1. The first-order valence-corrected chi connectivity index (χ1v) is 2.31. The third-order valence-electron chi connectivity index (χ3n) is 0.666. The van der Waals surface area contributed by atoms with Crippen molar-refractivity contribution < 1.29 is 4.52 Å². The Kier molecular flexibility index (Phi) is 1.80. The second-order valence-corrected chi connectivity index (χ2v) is 1.24. The third kappa shape index (κ3) is 1.51. The fraction of sp³-hybridized carbons (Fsp3) is 0. The summed E-state index contributed by atoms with van der Waals surface area (Å²) in [5.41, 5.74) is 0. The summed E-state index contributed by atoms with van der Waals surface area (Å²) >= 11 is 0. The number of aromatic nitrogens is 1. The standard InChI is InChI=1S/C6H6NO/c1-2-4-6-8-7-5-3-1/h1-4,6-7H. The molecular formula is C6H6NO. The van der Waals surface area contributed by atoms with Crippen molar-refractivity contribution in [2.75, 3.05) is 0 Å². The SMILES string of the molecule is [c]1ccccco[nH]1. The largest absolute Gasteiger partial charge is 0.390 e. The molecule has 0 aliphatic rings. The van der Waals surface area contributed by atoms with E-state index in [0.29, 0.717) is 0 Å². The zero-order valence-electron chi connectivity index (χ0n) is 4.29. The molecule has 1 aromatic heterocycles. The fourth-order valence-corrected chi connectivity index (χ4v) is 0.355. The van der Waals surface area contributed by atoms with Crippen molar-refractivity contribution in [1.29, 1.82) is 0 Å². The van der Waals surface area contributed by atoms with Gasteiger partial charge in [-0.15, -0.1) is 0 Å². The van der Waals surface area contributed by atoms with Gasteiger partial charge in [0.05, 0.1) is 6.20 Å². The monoisotopic (exact) mass is 108 g/mol. The van der Waals surface area contributed by atoms with Crippen molar-refractivity contribution in [3.05, 3.63) is 36.7 Å². The highest BCUT2D eigenvalue weighted by molar-refractivity contribution is 4.85. The van der Waals surface area contributed by atoms with Gasteiger partial charge in [-0.05, 0) is 12.1 Å². The molecule has 0 unspecified atom stereocenters. The molecule has 0 saturated carbocycles. The van der Waals surface area contributed by atoms with E-state index in [1.807, 2.05) is 12.1 Å². The highest BCUT2D eigenvalue weighted by Crippen LogP contribution is 1.75. The van der Waals surface area contributed by atoms with Gasteiger partial charge < -0.3 is 4.52 Å². The van der Waals surface area contributed by atoms with Crippen LogP contribution < -0.4 is 0 Å². The molecule has 0 spiro atoms. The van der Waals surface area contributed by atoms with Crippen molar-refractivity contribution in [3.8, 4) is 0 Å². The van der Waals surface area contributed by atoms with Crippen LogP contribution >= 0.6 is 0 Å². The Morgan fingerprint density at radius 1 is 1.25 bits per heavy atom. The minimum atomic E-state index is 1.54. The summed E-state index contributed by atoms with van der Waals surface area (Å²) < 4.78 is 4.65. The lowest BCUT2D eigenvalue weighted by molar-refractivity contribution is 0.401. The van der Waals surface area contributed by atoms with Gasteiger partial charge in [0.15, 0.2) is 0 Å². The topological polar surface area (TPSA) is 28.9 Å². The molecular weight excluding hydrogens is 102 g/mol. The predicted octanol–water partition coefficient (Wildman–Crippen LogP) is 1.53. The Morgan fingerprint density at radius 3 is 3.25 bits per heavy atom. The number of rotatable bonds is 0. The highest BCUT2D eigenvalue weighted by Gasteiger charge is 1.58. The van der Waals surface area contributed by atoms with Gasteiger partial charge in [0.1, 0.15) is 6.26 Å². The lowest BCUT2D eigenvalue weighted by atomic mass is 10.5. The van der Waals surface area contributed by atoms with Crippen molar-refractivity contribution in [1.82, 2.24) is 5.16 Å². The van der Waals surface area contributed by atoms with Gasteiger partial charge in [0.2, 0.25) is 0 Å². The van der Waals surface area contributed by atoms with E-state index in [0.717, 1.165) is 0 Å². The first-order chi connectivity index (χ1) is 4.00. The predicted molar refractivity (Wildman–Crippen MR) is 29.5 cm³/mol. The van der Waals surface area contributed by atoms with E-state index in [4.69, 9.17) is 0 Å². The molecule has 41 valence electrons. The van der Waals surface area contributed by atoms with Crippen LogP contribution in [0.4, 0.5) is 0 Å². The molecule has 0 atom stereocenters. The number of hydrogen-bond donors (Lipinski definition) is 1. The summed E-state index contributed by atoms with van der Waals surface area (Å²) in [6.45, 7) is 0. The summed E-state index contributed by atoms with van der Waals surface area (Å²) in [6.07, 6.45) is 4.19. The Balaban J connectivity index is 3.00. The van der Waals surface area contributed by atoms with Crippen LogP contribution in [-0.4, -0.2) is 5.16 Å². The molecule has 0 aliphatic heterocycles. The Labute approximate surface area is 47.4 Å². The molecule has 8 heavy (non-hydrogen) atoms. The fourth-order valence-electron chi connectivity index (χ4n) is 0.355. The van der Waals surface area contributed by atoms with E-state index in [-0.39, 0.29) is 0 Å². The Morgan fingerprint density at radius 2 is 2.25 bits per heavy atom. The lowest BCUT2D eigenvalue weighted by Crippen LogP contribution is -1.58. The minimum Gasteiger partial charge on any atom is -0.390 e. The number of aromatic amines is 1. The van der Waals surface area contributed by atoms with Crippen molar-refractivity contribution in [2.45, 2.75) is 0 Å². The van der Waals surface area contributed by atoms with Crippen LogP contribution in [0, 0.1) is 6.20 Å². The first-order valence-electron chi connectivity index (χ1n) is 2.31. The zero-order chi connectivity index (χ0) is 5.66. The van der Waals surface area contributed by atoms with Gasteiger partial charge >= 0.3 is 0 Å². The minimum absolute atomic E-state index is 1.54. The summed E-state index contributed by atoms with van der Waals surface area (Å²) in [5.74, 6) is 0. The number of hydrogen-bond acceptors (Lipinski definition) is 1. The van der Waals surface area contributed by atoms with E-state index >= 15 is 0 Å². The average molecular weight is 108 g/mol. The highest BCUT2D eigenvalue weighted by atomic mass is 16.4. The van der Waals surface area contributed by atoms with Gasteiger partial charge in [-0.25, -0.2) is 5.16 Å². The zero-order valence-corrected chi connectivity index (χ0v) is 4.29. The Bertz CT molecular complexity index is 113. The molecule has 0 fully saturated rings. The van der Waals surface area contributed by atoms with E-state index in [1.165, 1.54) is 6.26 Å². The molecule has 1 radical (unpaired) electrons. The summed E-state index contributed by atoms with van der Waals surface area (Å²) in [5, 5.41) is 2.44. The smallest absolute Gasteiger partial charge is 0.119 e. The van der Waals surface area contributed by atoms with Gasteiger partial charge in [0, 0.05) is 0 Å². The quantitative estimate of drug-likeness (QED) is 0.536. The second kappa shape index (κ2) is 2.91. The average Bonchev–Trinajstić information content (AvgIpc) is 1.62. The first kappa shape index (κ1) is 4.97. The Hall–Kier alpha value is -1.18. The van der Waals surface area contributed by atoms with Crippen molar-refractivity contribution >= 4 is 0 Å². The molecule has 0 saturated heterocycles. The molecule has 1 N–H and O–H groups in total. The van der Waals surface area contributed by atoms with Crippen LogP contribution in [0.5, 0.6) is 0 Å². The maximum absolute atomic E-state index is 4.65. The van der Waals surface area contributed by atoms with E-state index in [1.54, 1.807) is 12.1 Å². The van der Waals surface area contributed by atoms with Crippen molar-refractivity contribution in [2.24, 2.45) is 0 Å². The van der Waals surface area contributed by atoms with Crippen LogP contribution in [0.15, 0.2) is 35.1 Å². The lowest BCUT2D eigenvalue weighted by Gasteiger charge is -1.73. The second-order valence-electron chi connectivity index (χ2n) is 1.24. The van der Waals surface area contributed by atoms with Crippen LogP contribution in [0.2, 0.25) is 0 Å². The number of H-pyrrole nitrogens is 1. The molecule has 0 aromatic carbocycles. The van der Waals surface area contributed by atoms with E-state index in [2.05, 4.69) is 15.9 Å². The summed E-state index contributed by atoms with van der Waals surface area (Å²) in [4.78, 5) is 0. The van der Waals surface area contributed by atoms with Crippen LogP contribution in [0.25, 0.3) is 0 Å². The van der Waals surface area contributed by atoms with Gasteiger partial charge in [-0.3, -0.25) is 0 Å². The molecule has 0 bridgehead atoms. The molecule has 0 aliphatic carbocycles. The van der Waals surface area contributed by atoms with Crippen molar-refractivity contribution in [3.63, 3.8) is 0 Å². The maximum atomic E-state index is 4.65. The van der Waals surface area contributed by atoms with E-state index < -0.39 is 0 Å². The van der Waals surface area contributed by atoms with Gasteiger partial charge in [-0.2, -0.15) is 0 Å². The molecule has 0 amide bonds. The van der Waals surface area contributed by atoms with E-state index in [9.17, 15) is 0 Å². The maximum Gasteiger partial charge on any atom is 0.119 e. The van der Waals surface area contributed by atoms with Crippen LogP contribution in [0.1, 0.15) is 0 Å². The van der Waals surface area contributed by atoms with Crippen LogP contribution in [0.3, 0.4) is 0 Å². The normalized spacial score (nSPS) is 8.00.